The molecule has 3 fully saturated rings. The molecule has 2 unspecified atom stereocenters. The van der Waals surface area contributed by atoms with Crippen molar-refractivity contribution in [3.8, 4) is 6.07 Å². The van der Waals surface area contributed by atoms with Crippen LogP contribution in [-0.2, 0) is 16.8 Å². The quantitative estimate of drug-likeness (QED) is 0.407. The van der Waals surface area contributed by atoms with Gasteiger partial charge in [-0.15, -0.1) is 11.3 Å². The third-order valence-electron chi connectivity index (χ3n) is 7.73. The number of H-pyrrole nitrogens is 1. The minimum Gasteiger partial charge on any atom is -0.390 e. The molecule has 3 aliphatic rings. The summed E-state index contributed by atoms with van der Waals surface area (Å²) in [5.41, 5.74) is 0.602. The molecule has 3 aliphatic heterocycles. The van der Waals surface area contributed by atoms with Crippen molar-refractivity contribution < 1.29 is 13.5 Å². The lowest BCUT2D eigenvalue weighted by Crippen LogP contribution is -2.64. The molecule has 0 radical (unpaired) electrons. The van der Waals surface area contributed by atoms with Gasteiger partial charge in [0.25, 0.3) is 10.2 Å². The monoisotopic (exact) mass is 543 g/mol. The summed E-state index contributed by atoms with van der Waals surface area (Å²) in [5.74, 6) is 1.56. The number of aliphatic hydroxyl groups excluding tert-OH is 1. The Bertz CT molecular complexity index is 1430. The Kier molecular flexibility index (Phi) is 6.28. The second-order valence-electron chi connectivity index (χ2n) is 10.0. The SMILES string of the molecule is CN(c1nc(Nc2cc(CO)[nH]n2)c2ccsc2n1)C1CC2CCCC(C1)N2S(=O)(=O)N1CC(C#N)C1. The van der Waals surface area contributed by atoms with Crippen LogP contribution in [0.5, 0.6) is 0 Å². The van der Waals surface area contributed by atoms with Crippen molar-refractivity contribution >= 4 is 49.3 Å². The maximum Gasteiger partial charge on any atom is 0.282 e. The minimum absolute atomic E-state index is 0.0740. The molecule has 0 amide bonds. The molecule has 3 aromatic heterocycles. The van der Waals surface area contributed by atoms with Gasteiger partial charge < -0.3 is 15.3 Å². The predicted octanol–water partition coefficient (Wildman–Crippen LogP) is 2.17. The Morgan fingerprint density at radius 1 is 1.30 bits per heavy atom. The highest BCUT2D eigenvalue weighted by molar-refractivity contribution is 7.86. The van der Waals surface area contributed by atoms with Crippen LogP contribution in [0.15, 0.2) is 17.5 Å². The minimum atomic E-state index is -3.57. The Balaban J connectivity index is 1.24. The van der Waals surface area contributed by atoms with Crippen LogP contribution >= 0.6 is 11.3 Å². The van der Waals surface area contributed by atoms with Gasteiger partial charge in [0.15, 0.2) is 5.82 Å². The molecule has 3 aromatic rings. The number of aromatic amines is 1. The molecule has 0 aromatic carbocycles. The van der Waals surface area contributed by atoms with Crippen LogP contribution in [-0.4, -0.2) is 80.6 Å². The van der Waals surface area contributed by atoms with Gasteiger partial charge in [0.1, 0.15) is 10.6 Å². The molecule has 12 nitrogen and oxygen atoms in total. The Hall–Kier alpha value is -2.83. The molecule has 0 spiro atoms. The van der Waals surface area contributed by atoms with Crippen molar-refractivity contribution in [2.75, 3.05) is 30.4 Å². The number of rotatable bonds is 7. The predicted molar refractivity (Wildman–Crippen MR) is 139 cm³/mol. The fraction of sp³-hybridized carbons (Fsp3) is 0.565. The van der Waals surface area contributed by atoms with Crippen LogP contribution in [0.25, 0.3) is 10.2 Å². The number of aliphatic hydroxyl groups is 1. The molecule has 0 aliphatic carbocycles. The van der Waals surface area contributed by atoms with E-state index in [1.165, 1.54) is 15.6 Å². The fourth-order valence-electron chi connectivity index (χ4n) is 5.73. The summed E-state index contributed by atoms with van der Waals surface area (Å²) >= 11 is 1.53. The van der Waals surface area contributed by atoms with Crippen LogP contribution in [0, 0.1) is 17.2 Å². The fourth-order valence-corrected chi connectivity index (χ4v) is 8.63. The van der Waals surface area contributed by atoms with E-state index >= 15 is 0 Å². The number of nitriles is 1. The summed E-state index contributed by atoms with van der Waals surface area (Å²) in [7, 11) is -1.59. The number of nitrogens with zero attached hydrogens (tertiary/aromatic N) is 7. The zero-order chi connectivity index (χ0) is 25.7. The first kappa shape index (κ1) is 24.5. The lowest BCUT2D eigenvalue weighted by molar-refractivity contribution is 0.0930. The summed E-state index contributed by atoms with van der Waals surface area (Å²) in [6, 6.07) is 5.81. The van der Waals surface area contributed by atoms with E-state index in [2.05, 4.69) is 26.5 Å². The molecule has 6 heterocycles. The third-order valence-corrected chi connectivity index (χ3v) is 10.6. The standard InChI is InChI=1S/C23H29N9O3S2/c1-30(23-26-21(19-5-6-36-22(19)27-23)25-20-7-15(13-33)28-29-20)18-8-16-3-2-4-17(9-18)32(16)37(34,35)31-11-14(10-24)12-31/h5-7,14,16-18,33H,2-4,8-9,11-13H2,1H3,(H2,25,26,27,28,29). The Labute approximate surface area is 219 Å². The number of anilines is 3. The Morgan fingerprint density at radius 2 is 2.05 bits per heavy atom. The molecule has 196 valence electrons. The van der Waals surface area contributed by atoms with Gasteiger partial charge in [0.05, 0.1) is 29.7 Å². The second kappa shape index (κ2) is 9.48. The summed E-state index contributed by atoms with van der Waals surface area (Å²) in [5, 5.41) is 31.5. The van der Waals surface area contributed by atoms with Crippen molar-refractivity contribution in [3.63, 3.8) is 0 Å². The summed E-state index contributed by atoms with van der Waals surface area (Å²) in [6.07, 6.45) is 4.09. The van der Waals surface area contributed by atoms with E-state index in [-0.39, 0.29) is 30.7 Å². The van der Waals surface area contributed by atoms with Crippen molar-refractivity contribution in [1.82, 2.24) is 28.8 Å². The van der Waals surface area contributed by atoms with Crippen molar-refractivity contribution in [2.24, 2.45) is 5.92 Å². The molecule has 2 atom stereocenters. The van der Waals surface area contributed by atoms with E-state index in [4.69, 9.17) is 15.2 Å². The van der Waals surface area contributed by atoms with Crippen LogP contribution in [0.4, 0.5) is 17.6 Å². The van der Waals surface area contributed by atoms with Gasteiger partial charge in [-0.1, -0.05) is 6.42 Å². The first-order valence-corrected chi connectivity index (χ1v) is 14.7. The highest BCUT2D eigenvalue weighted by Gasteiger charge is 2.50. The van der Waals surface area contributed by atoms with Crippen LogP contribution in [0.1, 0.15) is 37.8 Å². The van der Waals surface area contributed by atoms with Gasteiger partial charge in [-0.3, -0.25) is 5.10 Å². The van der Waals surface area contributed by atoms with Gasteiger partial charge in [-0.2, -0.15) is 32.4 Å². The maximum atomic E-state index is 13.4. The summed E-state index contributed by atoms with van der Waals surface area (Å²) < 4.78 is 30.0. The summed E-state index contributed by atoms with van der Waals surface area (Å²) in [4.78, 5) is 12.6. The number of thiophene rings is 1. The van der Waals surface area contributed by atoms with Crippen molar-refractivity contribution in [1.29, 1.82) is 5.26 Å². The molecule has 2 bridgehead atoms. The second-order valence-corrected chi connectivity index (χ2v) is 12.8. The molecular weight excluding hydrogens is 514 g/mol. The van der Waals surface area contributed by atoms with E-state index in [0.717, 1.165) is 29.5 Å². The topological polar surface area (TPSA) is 154 Å². The van der Waals surface area contributed by atoms with E-state index in [9.17, 15) is 13.5 Å². The molecule has 14 heteroatoms. The molecular formula is C23H29N9O3S2. The number of fused-ring (bicyclic) bond motifs is 3. The van der Waals surface area contributed by atoms with E-state index < -0.39 is 10.2 Å². The van der Waals surface area contributed by atoms with Crippen LogP contribution < -0.4 is 10.2 Å². The lowest BCUT2D eigenvalue weighted by Gasteiger charge is -2.51. The van der Waals surface area contributed by atoms with Crippen molar-refractivity contribution in [2.45, 2.75) is 56.8 Å². The number of hydrogen-bond acceptors (Lipinski definition) is 10. The van der Waals surface area contributed by atoms with Crippen LogP contribution in [0.3, 0.4) is 0 Å². The molecule has 3 saturated heterocycles. The maximum absolute atomic E-state index is 13.4. The average Bonchev–Trinajstić information content (AvgIpc) is 3.51. The molecule has 6 rings (SSSR count). The smallest absolute Gasteiger partial charge is 0.282 e. The number of piperidine rings is 2. The summed E-state index contributed by atoms with van der Waals surface area (Å²) in [6.45, 7) is 0.449. The van der Waals surface area contributed by atoms with Gasteiger partial charge in [0, 0.05) is 44.3 Å². The Morgan fingerprint density at radius 3 is 2.73 bits per heavy atom. The van der Waals surface area contributed by atoms with E-state index in [1.807, 2.05) is 18.5 Å². The first-order chi connectivity index (χ1) is 17.9. The van der Waals surface area contributed by atoms with Crippen LogP contribution in [0.2, 0.25) is 0 Å². The van der Waals surface area contributed by atoms with Gasteiger partial charge >= 0.3 is 0 Å². The zero-order valence-electron chi connectivity index (χ0n) is 20.4. The highest BCUT2D eigenvalue weighted by atomic mass is 32.2. The molecule has 37 heavy (non-hydrogen) atoms. The number of aromatic nitrogens is 4. The number of nitrogens with one attached hydrogen (secondary N) is 2. The third kappa shape index (κ3) is 4.34. The lowest BCUT2D eigenvalue weighted by atomic mass is 9.83. The van der Waals surface area contributed by atoms with Gasteiger partial charge in [0.2, 0.25) is 5.95 Å². The first-order valence-electron chi connectivity index (χ1n) is 12.5. The highest BCUT2D eigenvalue weighted by Crippen LogP contribution is 2.40. The zero-order valence-corrected chi connectivity index (χ0v) is 22.0. The van der Waals surface area contributed by atoms with Gasteiger partial charge in [-0.25, -0.2) is 4.98 Å². The van der Waals surface area contributed by atoms with E-state index in [1.54, 1.807) is 10.4 Å². The molecule has 3 N–H and O–H groups in total. The van der Waals surface area contributed by atoms with E-state index in [0.29, 0.717) is 49.2 Å². The average molecular weight is 544 g/mol. The molecule has 0 saturated carbocycles. The van der Waals surface area contributed by atoms with Crippen molar-refractivity contribution in [3.05, 3.63) is 23.2 Å². The van der Waals surface area contributed by atoms with Gasteiger partial charge in [-0.05, 0) is 37.1 Å². The largest absolute Gasteiger partial charge is 0.390 e. The normalized spacial score (nSPS) is 25.1. The number of hydrogen-bond donors (Lipinski definition) is 3.